The van der Waals surface area contributed by atoms with Crippen LogP contribution in [0.5, 0.6) is 0 Å². The van der Waals surface area contributed by atoms with Crippen molar-refractivity contribution in [3.8, 4) is 11.4 Å². The van der Waals surface area contributed by atoms with Crippen molar-refractivity contribution >= 4 is 16.9 Å². The molecule has 0 radical (unpaired) electrons. The quantitative estimate of drug-likeness (QED) is 0.583. The van der Waals surface area contributed by atoms with Crippen LogP contribution >= 0.6 is 0 Å². The van der Waals surface area contributed by atoms with Gasteiger partial charge < -0.3 is 10.3 Å². The lowest BCUT2D eigenvalue weighted by Crippen LogP contribution is -2.26. The minimum atomic E-state index is -0.216. The van der Waals surface area contributed by atoms with Crippen LogP contribution in [0.3, 0.4) is 0 Å². The average molecular weight is 343 g/mol. The van der Waals surface area contributed by atoms with Gasteiger partial charge in [0.2, 0.25) is 0 Å². The van der Waals surface area contributed by atoms with Crippen molar-refractivity contribution in [1.29, 1.82) is 0 Å². The summed E-state index contributed by atoms with van der Waals surface area (Å²) >= 11 is 0. The van der Waals surface area contributed by atoms with Crippen LogP contribution < -0.4 is 5.32 Å². The molecular weight excluding hydrogens is 326 g/mol. The third kappa shape index (κ3) is 3.44. The molecule has 26 heavy (non-hydrogen) atoms. The van der Waals surface area contributed by atoms with Gasteiger partial charge in [-0.25, -0.2) is 9.97 Å². The number of benzene rings is 2. The fourth-order valence-corrected chi connectivity index (χ4v) is 2.77. The first kappa shape index (κ1) is 16.0. The largest absolute Gasteiger partial charge is 0.350 e. The van der Waals surface area contributed by atoms with Gasteiger partial charge in [-0.1, -0.05) is 36.4 Å². The second kappa shape index (κ2) is 7.14. The number of H-pyrrole nitrogens is 1. The summed E-state index contributed by atoms with van der Waals surface area (Å²) in [5, 5.41) is 2.86. The van der Waals surface area contributed by atoms with Crippen LogP contribution in [-0.4, -0.2) is 32.4 Å². The predicted molar refractivity (Wildman–Crippen MR) is 99.6 cm³/mol. The highest BCUT2D eigenvalue weighted by Gasteiger charge is 2.08. The zero-order valence-electron chi connectivity index (χ0n) is 14.0. The number of nitrogens with zero attached hydrogens (tertiary/aromatic N) is 3. The minimum absolute atomic E-state index is 0.216. The Morgan fingerprint density at radius 2 is 1.96 bits per heavy atom. The van der Waals surface area contributed by atoms with E-state index in [1.807, 2.05) is 42.5 Å². The van der Waals surface area contributed by atoms with E-state index in [9.17, 15) is 4.79 Å². The van der Waals surface area contributed by atoms with Gasteiger partial charge in [0.1, 0.15) is 11.5 Å². The first-order valence-electron chi connectivity index (χ1n) is 8.38. The minimum Gasteiger partial charge on any atom is -0.350 e. The summed E-state index contributed by atoms with van der Waals surface area (Å²) in [6, 6.07) is 16.1. The Morgan fingerprint density at radius 3 is 2.77 bits per heavy atom. The molecule has 4 aromatic rings. The van der Waals surface area contributed by atoms with Gasteiger partial charge in [0.15, 0.2) is 0 Å². The van der Waals surface area contributed by atoms with Gasteiger partial charge in [0.25, 0.3) is 5.91 Å². The Bertz CT molecular complexity index is 1030. The fraction of sp³-hybridized carbons (Fsp3) is 0.100. The predicted octanol–water partition coefficient (Wildman–Crippen LogP) is 2.99. The van der Waals surface area contributed by atoms with E-state index in [2.05, 4.69) is 31.3 Å². The molecule has 0 fully saturated rings. The Morgan fingerprint density at radius 1 is 1.08 bits per heavy atom. The molecule has 128 valence electrons. The van der Waals surface area contributed by atoms with E-state index in [-0.39, 0.29) is 5.91 Å². The standard InChI is InChI=1S/C20H17N5O/c26-20(18-13-21-10-11-22-18)23-9-8-14-6-7-16-17(12-14)25-19(24-16)15-4-2-1-3-5-15/h1-7,10-13H,8-9H2,(H,23,26)(H,24,25). The van der Waals surface area contributed by atoms with Crippen LogP contribution in [-0.2, 0) is 6.42 Å². The average Bonchev–Trinajstić information content (AvgIpc) is 3.13. The highest BCUT2D eigenvalue weighted by atomic mass is 16.1. The van der Waals surface area contributed by atoms with Crippen LogP contribution in [0.25, 0.3) is 22.4 Å². The lowest BCUT2D eigenvalue weighted by molar-refractivity contribution is 0.0948. The van der Waals surface area contributed by atoms with Gasteiger partial charge in [-0.3, -0.25) is 9.78 Å². The van der Waals surface area contributed by atoms with Gasteiger partial charge in [-0.2, -0.15) is 0 Å². The first-order chi connectivity index (χ1) is 12.8. The van der Waals surface area contributed by atoms with E-state index in [4.69, 9.17) is 0 Å². The number of nitrogens with one attached hydrogen (secondary N) is 2. The second-order valence-corrected chi connectivity index (χ2v) is 5.90. The normalized spacial score (nSPS) is 10.8. The van der Waals surface area contributed by atoms with Crippen LogP contribution in [0, 0.1) is 0 Å². The highest BCUT2D eigenvalue weighted by molar-refractivity contribution is 5.91. The monoisotopic (exact) mass is 343 g/mol. The maximum absolute atomic E-state index is 12.0. The molecule has 2 N–H and O–H groups in total. The number of aromatic nitrogens is 4. The topological polar surface area (TPSA) is 83.6 Å². The van der Waals surface area contributed by atoms with Gasteiger partial charge in [-0.15, -0.1) is 0 Å². The van der Waals surface area contributed by atoms with Crippen LogP contribution in [0.4, 0.5) is 0 Å². The van der Waals surface area contributed by atoms with Crippen LogP contribution in [0.15, 0.2) is 67.1 Å². The third-order valence-electron chi connectivity index (χ3n) is 4.09. The van der Waals surface area contributed by atoms with Crippen LogP contribution in [0.2, 0.25) is 0 Å². The van der Waals surface area contributed by atoms with E-state index in [1.165, 1.54) is 12.4 Å². The molecule has 0 spiro atoms. The summed E-state index contributed by atoms with van der Waals surface area (Å²) in [5.74, 6) is 0.640. The molecule has 1 amide bonds. The van der Waals surface area contributed by atoms with E-state index >= 15 is 0 Å². The number of carbonyl (C=O) groups excluding carboxylic acids is 1. The molecule has 0 unspecified atom stereocenters. The molecule has 6 heteroatoms. The molecule has 0 atom stereocenters. The van der Waals surface area contributed by atoms with Crippen LogP contribution in [0.1, 0.15) is 16.1 Å². The molecule has 0 aliphatic rings. The van der Waals surface area contributed by atoms with Gasteiger partial charge in [0.05, 0.1) is 17.2 Å². The maximum atomic E-state index is 12.0. The number of rotatable bonds is 5. The highest BCUT2D eigenvalue weighted by Crippen LogP contribution is 2.21. The summed E-state index contributed by atoms with van der Waals surface area (Å²) in [5.41, 5.74) is 4.42. The van der Waals surface area contributed by atoms with E-state index < -0.39 is 0 Å². The lowest BCUT2D eigenvalue weighted by atomic mass is 10.1. The summed E-state index contributed by atoms with van der Waals surface area (Å²) in [4.78, 5) is 27.9. The van der Waals surface area contributed by atoms with Crippen molar-refractivity contribution in [3.63, 3.8) is 0 Å². The molecule has 2 heterocycles. The third-order valence-corrected chi connectivity index (χ3v) is 4.09. The van der Waals surface area contributed by atoms with Crippen molar-refractivity contribution < 1.29 is 4.79 Å². The molecule has 6 nitrogen and oxygen atoms in total. The summed E-state index contributed by atoms with van der Waals surface area (Å²) in [7, 11) is 0. The van der Waals surface area contributed by atoms with Gasteiger partial charge >= 0.3 is 0 Å². The molecule has 4 rings (SSSR count). The van der Waals surface area contributed by atoms with Crippen molar-refractivity contribution in [2.45, 2.75) is 6.42 Å². The van der Waals surface area contributed by atoms with Crippen molar-refractivity contribution in [2.24, 2.45) is 0 Å². The molecule has 0 bridgehead atoms. The Balaban J connectivity index is 1.43. The first-order valence-corrected chi connectivity index (χ1v) is 8.38. The smallest absolute Gasteiger partial charge is 0.271 e. The zero-order chi connectivity index (χ0) is 17.8. The van der Waals surface area contributed by atoms with Crippen molar-refractivity contribution in [1.82, 2.24) is 25.3 Å². The summed E-state index contributed by atoms with van der Waals surface area (Å²) in [6.07, 6.45) is 5.23. The maximum Gasteiger partial charge on any atom is 0.271 e. The number of hydrogen-bond donors (Lipinski definition) is 2. The van der Waals surface area contributed by atoms with E-state index in [1.54, 1.807) is 6.20 Å². The molecule has 0 aliphatic carbocycles. The Kier molecular flexibility index (Phi) is 4.38. The Labute approximate surface area is 150 Å². The summed E-state index contributed by atoms with van der Waals surface area (Å²) < 4.78 is 0. The number of aromatic amines is 1. The molecule has 2 aromatic heterocycles. The molecule has 2 aromatic carbocycles. The van der Waals surface area contributed by atoms with Gasteiger partial charge in [0, 0.05) is 24.5 Å². The van der Waals surface area contributed by atoms with Crippen molar-refractivity contribution in [2.75, 3.05) is 6.54 Å². The number of carbonyl (C=O) groups is 1. The fourth-order valence-electron chi connectivity index (χ4n) is 2.77. The molecule has 0 aliphatic heterocycles. The number of fused-ring (bicyclic) bond motifs is 1. The number of hydrogen-bond acceptors (Lipinski definition) is 4. The van der Waals surface area contributed by atoms with Crippen molar-refractivity contribution in [3.05, 3.63) is 78.4 Å². The Hall–Kier alpha value is -3.54. The second-order valence-electron chi connectivity index (χ2n) is 5.90. The lowest BCUT2D eigenvalue weighted by Gasteiger charge is -2.04. The zero-order valence-corrected chi connectivity index (χ0v) is 14.0. The van der Waals surface area contributed by atoms with E-state index in [0.29, 0.717) is 12.2 Å². The molecule has 0 saturated carbocycles. The molecule has 0 saturated heterocycles. The number of imidazole rings is 1. The number of amides is 1. The summed E-state index contributed by atoms with van der Waals surface area (Å²) in [6.45, 7) is 0.528. The molecular formula is C20H17N5O. The SMILES string of the molecule is O=C(NCCc1ccc2nc(-c3ccccc3)[nH]c2c1)c1cnccn1. The van der Waals surface area contributed by atoms with E-state index in [0.717, 1.165) is 34.4 Å². The van der Waals surface area contributed by atoms with Gasteiger partial charge in [-0.05, 0) is 24.1 Å².